The summed E-state index contributed by atoms with van der Waals surface area (Å²) in [4.78, 5) is 12.9. The topological polar surface area (TPSA) is 93.7 Å². The van der Waals surface area contributed by atoms with Gasteiger partial charge in [-0.15, -0.1) is 0 Å². The zero-order chi connectivity index (χ0) is 23.5. The van der Waals surface area contributed by atoms with Gasteiger partial charge in [0.15, 0.2) is 11.5 Å². The van der Waals surface area contributed by atoms with Gasteiger partial charge >= 0.3 is 0 Å². The Hall–Kier alpha value is -3.52. The molecule has 0 aliphatic rings. The molecule has 0 bridgehead atoms. The predicted octanol–water partition coefficient (Wildman–Crippen LogP) is 4.68. The minimum Gasteiger partial charge on any atom is -0.493 e. The molecule has 8 heteroatoms. The van der Waals surface area contributed by atoms with E-state index in [0.29, 0.717) is 28.4 Å². The van der Waals surface area contributed by atoms with Crippen molar-refractivity contribution in [2.75, 3.05) is 24.3 Å². The van der Waals surface area contributed by atoms with E-state index in [9.17, 15) is 13.2 Å². The maximum atomic E-state index is 12.7. The zero-order valence-corrected chi connectivity index (χ0v) is 19.5. The maximum Gasteiger partial charge on any atom is 0.261 e. The smallest absolute Gasteiger partial charge is 0.261 e. The second kappa shape index (κ2) is 9.32. The molecule has 0 aromatic heterocycles. The molecule has 0 fully saturated rings. The first-order chi connectivity index (χ1) is 15.1. The summed E-state index contributed by atoms with van der Waals surface area (Å²) < 4.78 is 38.4. The Morgan fingerprint density at radius 3 is 2.00 bits per heavy atom. The molecule has 7 nitrogen and oxygen atoms in total. The molecule has 3 aromatic carbocycles. The highest BCUT2D eigenvalue weighted by Crippen LogP contribution is 2.33. The van der Waals surface area contributed by atoms with Crippen molar-refractivity contribution in [3.63, 3.8) is 0 Å². The van der Waals surface area contributed by atoms with Crippen molar-refractivity contribution in [3.05, 3.63) is 76.9 Å². The SMILES string of the molecule is COc1cc(C)c(NC(=O)c2ccc(NS(=O)(=O)c3ccc(C)c(C)c3)cc2)cc1OC. The van der Waals surface area contributed by atoms with E-state index in [-0.39, 0.29) is 10.8 Å². The molecular formula is C24H26N2O5S. The molecule has 0 saturated carbocycles. The second-order valence-corrected chi connectivity index (χ2v) is 9.09. The number of hydrogen-bond donors (Lipinski definition) is 2. The van der Waals surface area contributed by atoms with Gasteiger partial charge in [-0.1, -0.05) is 6.07 Å². The van der Waals surface area contributed by atoms with E-state index in [1.807, 2.05) is 20.8 Å². The molecule has 32 heavy (non-hydrogen) atoms. The van der Waals surface area contributed by atoms with E-state index >= 15 is 0 Å². The average Bonchev–Trinajstić information content (AvgIpc) is 2.76. The van der Waals surface area contributed by atoms with Crippen molar-refractivity contribution < 1.29 is 22.7 Å². The highest BCUT2D eigenvalue weighted by molar-refractivity contribution is 7.92. The minimum atomic E-state index is -3.73. The van der Waals surface area contributed by atoms with Gasteiger partial charge in [0.05, 0.1) is 19.1 Å². The minimum absolute atomic E-state index is 0.186. The Labute approximate surface area is 188 Å². The lowest BCUT2D eigenvalue weighted by molar-refractivity contribution is 0.102. The molecule has 0 heterocycles. The Balaban J connectivity index is 1.75. The number of carbonyl (C=O) groups is 1. The van der Waals surface area contributed by atoms with E-state index in [2.05, 4.69) is 10.0 Å². The summed E-state index contributed by atoms with van der Waals surface area (Å²) in [5, 5.41) is 2.84. The number of methoxy groups -OCH3 is 2. The number of hydrogen-bond acceptors (Lipinski definition) is 5. The van der Waals surface area contributed by atoms with Crippen molar-refractivity contribution in [2.45, 2.75) is 25.7 Å². The summed E-state index contributed by atoms with van der Waals surface area (Å²) >= 11 is 0. The first kappa shape index (κ1) is 23.1. The fraction of sp³-hybridized carbons (Fsp3) is 0.208. The van der Waals surface area contributed by atoms with E-state index in [0.717, 1.165) is 16.7 Å². The van der Waals surface area contributed by atoms with E-state index in [1.165, 1.54) is 7.11 Å². The fourth-order valence-electron chi connectivity index (χ4n) is 3.09. The first-order valence-electron chi connectivity index (χ1n) is 9.88. The van der Waals surface area contributed by atoms with Crippen molar-refractivity contribution in [3.8, 4) is 11.5 Å². The molecule has 3 aromatic rings. The van der Waals surface area contributed by atoms with Crippen LogP contribution >= 0.6 is 0 Å². The number of anilines is 2. The summed E-state index contributed by atoms with van der Waals surface area (Å²) in [6.07, 6.45) is 0. The van der Waals surface area contributed by atoms with Gasteiger partial charge in [-0.2, -0.15) is 0 Å². The number of amides is 1. The lowest BCUT2D eigenvalue weighted by Crippen LogP contribution is -2.15. The monoisotopic (exact) mass is 454 g/mol. The van der Waals surface area contributed by atoms with Crippen LogP contribution in [-0.2, 0) is 10.0 Å². The van der Waals surface area contributed by atoms with Crippen LogP contribution in [0.5, 0.6) is 11.5 Å². The lowest BCUT2D eigenvalue weighted by Gasteiger charge is -2.14. The largest absolute Gasteiger partial charge is 0.493 e. The molecule has 0 aliphatic carbocycles. The molecule has 168 valence electrons. The number of aryl methyl sites for hydroxylation is 3. The van der Waals surface area contributed by atoms with Crippen molar-refractivity contribution >= 4 is 27.3 Å². The van der Waals surface area contributed by atoms with Crippen LogP contribution in [0.3, 0.4) is 0 Å². The summed E-state index contributed by atoms with van der Waals surface area (Å²) in [7, 11) is -0.659. The molecule has 3 rings (SSSR count). The molecule has 0 saturated heterocycles. The van der Waals surface area contributed by atoms with Crippen LogP contribution in [0.2, 0.25) is 0 Å². The molecule has 2 N–H and O–H groups in total. The maximum absolute atomic E-state index is 12.7. The van der Waals surface area contributed by atoms with Crippen LogP contribution in [0.25, 0.3) is 0 Å². The molecule has 0 spiro atoms. The van der Waals surface area contributed by atoms with E-state index in [1.54, 1.807) is 61.7 Å². The number of rotatable bonds is 7. The van der Waals surface area contributed by atoms with Gasteiger partial charge in [-0.3, -0.25) is 9.52 Å². The zero-order valence-electron chi connectivity index (χ0n) is 18.6. The van der Waals surface area contributed by atoms with Gasteiger partial charge < -0.3 is 14.8 Å². The van der Waals surface area contributed by atoms with E-state index in [4.69, 9.17) is 9.47 Å². The van der Waals surface area contributed by atoms with Gasteiger partial charge in [0, 0.05) is 23.0 Å². The average molecular weight is 455 g/mol. The fourth-order valence-corrected chi connectivity index (χ4v) is 4.24. The summed E-state index contributed by atoms with van der Waals surface area (Å²) in [6, 6.07) is 14.7. The molecule has 0 atom stereocenters. The van der Waals surface area contributed by atoms with Gasteiger partial charge in [0.2, 0.25) is 0 Å². The van der Waals surface area contributed by atoms with Crippen LogP contribution in [0.4, 0.5) is 11.4 Å². The van der Waals surface area contributed by atoms with Gasteiger partial charge in [0.25, 0.3) is 15.9 Å². The van der Waals surface area contributed by atoms with Crippen LogP contribution in [0.15, 0.2) is 59.5 Å². The normalized spacial score (nSPS) is 11.0. The summed E-state index contributed by atoms with van der Waals surface area (Å²) in [5.41, 5.74) is 4.06. The Morgan fingerprint density at radius 2 is 1.41 bits per heavy atom. The molecule has 0 aliphatic heterocycles. The standard InChI is InChI=1S/C24H26N2O5S/c1-15-6-11-20(12-16(15)2)32(28,29)26-19-9-7-18(8-10-19)24(27)25-21-14-23(31-5)22(30-4)13-17(21)3/h6-14,26H,1-5H3,(H,25,27). The number of ether oxygens (including phenoxy) is 2. The predicted molar refractivity (Wildman–Crippen MR) is 125 cm³/mol. The molecule has 1 amide bonds. The Kier molecular flexibility index (Phi) is 6.74. The third-order valence-corrected chi connectivity index (χ3v) is 6.55. The molecular weight excluding hydrogens is 428 g/mol. The summed E-state index contributed by atoms with van der Waals surface area (Å²) in [5.74, 6) is 0.747. The van der Waals surface area contributed by atoms with Gasteiger partial charge in [-0.25, -0.2) is 8.42 Å². The highest BCUT2D eigenvalue weighted by atomic mass is 32.2. The summed E-state index contributed by atoms with van der Waals surface area (Å²) in [6.45, 7) is 5.64. The highest BCUT2D eigenvalue weighted by Gasteiger charge is 2.16. The number of nitrogens with one attached hydrogen (secondary N) is 2. The van der Waals surface area contributed by atoms with Crippen molar-refractivity contribution in [1.29, 1.82) is 0 Å². The number of sulfonamides is 1. The third kappa shape index (κ3) is 5.03. The van der Waals surface area contributed by atoms with Crippen LogP contribution in [-0.4, -0.2) is 28.5 Å². The van der Waals surface area contributed by atoms with Gasteiger partial charge in [0.1, 0.15) is 0 Å². The van der Waals surface area contributed by atoms with Crippen LogP contribution in [0, 0.1) is 20.8 Å². The van der Waals surface area contributed by atoms with Crippen molar-refractivity contribution in [1.82, 2.24) is 0 Å². The number of carbonyl (C=O) groups excluding carboxylic acids is 1. The lowest BCUT2D eigenvalue weighted by atomic mass is 10.1. The molecule has 0 radical (unpaired) electrons. The number of benzene rings is 3. The van der Waals surface area contributed by atoms with Crippen LogP contribution < -0.4 is 19.5 Å². The van der Waals surface area contributed by atoms with Crippen LogP contribution in [0.1, 0.15) is 27.0 Å². The Bertz CT molecular complexity index is 1250. The van der Waals surface area contributed by atoms with E-state index < -0.39 is 10.0 Å². The quantitative estimate of drug-likeness (QED) is 0.541. The van der Waals surface area contributed by atoms with Crippen molar-refractivity contribution in [2.24, 2.45) is 0 Å². The third-order valence-electron chi connectivity index (χ3n) is 5.17. The van der Waals surface area contributed by atoms with Gasteiger partial charge in [-0.05, 0) is 79.9 Å². The Morgan fingerprint density at radius 1 is 0.781 bits per heavy atom. The first-order valence-corrected chi connectivity index (χ1v) is 11.4. The second-order valence-electron chi connectivity index (χ2n) is 7.41. The molecule has 0 unspecified atom stereocenters.